The van der Waals surface area contributed by atoms with Crippen molar-refractivity contribution in [1.29, 1.82) is 0 Å². The number of ketones is 1. The van der Waals surface area contributed by atoms with Crippen LogP contribution in [0.15, 0.2) is 24.4 Å². The van der Waals surface area contributed by atoms with Crippen molar-refractivity contribution in [2.45, 2.75) is 31.6 Å². The topological polar surface area (TPSA) is 48.3 Å². The molecular weight excluding hydrogens is 266 g/mol. The number of methoxy groups -OCH3 is 1. The third-order valence-electron chi connectivity index (χ3n) is 4.43. The summed E-state index contributed by atoms with van der Waals surface area (Å²) in [6.45, 7) is 0. The molecule has 0 atom stereocenters. The smallest absolute Gasteiger partial charge is 0.337 e. The molecular formula is C17H19NO3. The van der Waals surface area contributed by atoms with Gasteiger partial charge in [0.2, 0.25) is 0 Å². The van der Waals surface area contributed by atoms with E-state index in [1.165, 1.54) is 18.1 Å². The molecule has 21 heavy (non-hydrogen) atoms. The number of fused-ring (bicyclic) bond motifs is 1. The van der Waals surface area contributed by atoms with Gasteiger partial charge >= 0.3 is 5.97 Å². The van der Waals surface area contributed by atoms with E-state index < -0.39 is 0 Å². The van der Waals surface area contributed by atoms with Crippen molar-refractivity contribution in [3.8, 4) is 0 Å². The van der Waals surface area contributed by atoms with E-state index in [1.54, 1.807) is 0 Å². The first-order valence-electron chi connectivity index (χ1n) is 7.29. The van der Waals surface area contributed by atoms with Gasteiger partial charge in [0.05, 0.1) is 12.7 Å². The van der Waals surface area contributed by atoms with Gasteiger partial charge in [-0.2, -0.15) is 0 Å². The van der Waals surface area contributed by atoms with Crippen LogP contribution in [-0.4, -0.2) is 23.4 Å². The SMILES string of the molecule is COC(=O)c1ccc2c(C3CCC(=O)CC3)cn(C)c2c1. The summed E-state index contributed by atoms with van der Waals surface area (Å²) in [5, 5.41) is 1.17. The van der Waals surface area contributed by atoms with E-state index in [9.17, 15) is 9.59 Å². The molecule has 0 aliphatic heterocycles. The van der Waals surface area contributed by atoms with Crippen LogP contribution >= 0.6 is 0 Å². The Morgan fingerprint density at radius 3 is 2.67 bits per heavy atom. The molecule has 0 amide bonds. The highest BCUT2D eigenvalue weighted by molar-refractivity contribution is 5.95. The first-order chi connectivity index (χ1) is 10.1. The van der Waals surface area contributed by atoms with Crippen molar-refractivity contribution in [1.82, 2.24) is 4.57 Å². The number of hydrogen-bond donors (Lipinski definition) is 0. The Kier molecular flexibility index (Phi) is 3.53. The largest absolute Gasteiger partial charge is 0.465 e. The molecule has 0 unspecified atom stereocenters. The van der Waals surface area contributed by atoms with Gasteiger partial charge in [-0.1, -0.05) is 6.07 Å². The van der Waals surface area contributed by atoms with Gasteiger partial charge in [0.25, 0.3) is 0 Å². The van der Waals surface area contributed by atoms with Gasteiger partial charge in [0.1, 0.15) is 5.78 Å². The number of nitrogens with zero attached hydrogens (tertiary/aromatic N) is 1. The molecule has 4 nitrogen and oxygen atoms in total. The van der Waals surface area contributed by atoms with Crippen molar-refractivity contribution in [2.24, 2.45) is 7.05 Å². The number of rotatable bonds is 2. The molecule has 0 radical (unpaired) electrons. The predicted molar refractivity (Wildman–Crippen MR) is 80.5 cm³/mol. The molecule has 0 N–H and O–H groups in total. The zero-order chi connectivity index (χ0) is 15.0. The van der Waals surface area contributed by atoms with E-state index in [2.05, 4.69) is 6.20 Å². The number of ether oxygens (including phenoxy) is 1. The van der Waals surface area contributed by atoms with Crippen LogP contribution in [0.25, 0.3) is 10.9 Å². The van der Waals surface area contributed by atoms with Crippen molar-refractivity contribution in [2.75, 3.05) is 7.11 Å². The Bertz CT molecular complexity index is 704. The lowest BCUT2D eigenvalue weighted by atomic mass is 9.83. The Morgan fingerprint density at radius 2 is 2.00 bits per heavy atom. The fourth-order valence-corrected chi connectivity index (χ4v) is 3.24. The summed E-state index contributed by atoms with van der Waals surface area (Å²) in [6.07, 6.45) is 5.35. The molecule has 3 rings (SSSR count). The Hall–Kier alpha value is -2.10. The molecule has 1 saturated carbocycles. The number of Topliss-reactive ketones (excluding diaryl/α,β-unsaturated/α-hetero) is 1. The van der Waals surface area contributed by atoms with Crippen molar-refractivity contribution in [3.05, 3.63) is 35.5 Å². The number of aromatic nitrogens is 1. The first-order valence-corrected chi connectivity index (χ1v) is 7.29. The van der Waals surface area contributed by atoms with E-state index in [-0.39, 0.29) is 5.97 Å². The molecule has 0 saturated heterocycles. The number of carbonyl (C=O) groups excluding carboxylic acids is 2. The third kappa shape index (κ3) is 2.46. The van der Waals surface area contributed by atoms with Gasteiger partial charge in [-0.3, -0.25) is 4.79 Å². The van der Waals surface area contributed by atoms with Crippen molar-refractivity contribution >= 4 is 22.7 Å². The summed E-state index contributed by atoms with van der Waals surface area (Å²) in [6, 6.07) is 5.68. The van der Waals surface area contributed by atoms with E-state index in [4.69, 9.17) is 4.74 Å². The van der Waals surface area contributed by atoms with Crippen LogP contribution in [0, 0.1) is 0 Å². The molecule has 1 aromatic carbocycles. The maximum atomic E-state index is 11.6. The second kappa shape index (κ2) is 5.35. The molecule has 4 heteroatoms. The van der Waals surface area contributed by atoms with Crippen molar-refractivity contribution in [3.63, 3.8) is 0 Å². The normalized spacial score (nSPS) is 16.4. The van der Waals surface area contributed by atoms with Gasteiger partial charge in [0, 0.05) is 37.0 Å². The maximum Gasteiger partial charge on any atom is 0.337 e. The minimum Gasteiger partial charge on any atom is -0.465 e. The highest BCUT2D eigenvalue weighted by Gasteiger charge is 2.23. The molecule has 1 aliphatic rings. The fraction of sp³-hybridized carbons (Fsp3) is 0.412. The highest BCUT2D eigenvalue weighted by Crippen LogP contribution is 2.36. The lowest BCUT2D eigenvalue weighted by molar-refractivity contribution is -0.120. The predicted octanol–water partition coefficient (Wildman–Crippen LogP) is 3.19. The van der Waals surface area contributed by atoms with Gasteiger partial charge in [-0.05, 0) is 36.5 Å². The van der Waals surface area contributed by atoms with Crippen LogP contribution in [-0.2, 0) is 16.6 Å². The quantitative estimate of drug-likeness (QED) is 0.796. The number of esters is 1. The van der Waals surface area contributed by atoms with Crippen molar-refractivity contribution < 1.29 is 14.3 Å². The van der Waals surface area contributed by atoms with Crippen LogP contribution in [0.3, 0.4) is 0 Å². The number of aryl methyl sites for hydroxylation is 1. The zero-order valence-electron chi connectivity index (χ0n) is 12.4. The standard InChI is InChI=1S/C17H19NO3/c1-18-10-15(11-3-6-13(19)7-4-11)14-8-5-12(9-16(14)18)17(20)21-2/h5,8-11H,3-4,6-7H2,1-2H3. The molecule has 1 fully saturated rings. The zero-order valence-corrected chi connectivity index (χ0v) is 12.4. The molecule has 2 aromatic rings. The number of benzene rings is 1. The third-order valence-corrected chi connectivity index (χ3v) is 4.43. The minimum atomic E-state index is -0.317. The van der Waals surface area contributed by atoms with Crippen LogP contribution < -0.4 is 0 Å². The lowest BCUT2D eigenvalue weighted by Crippen LogP contribution is -2.12. The van der Waals surface area contributed by atoms with Gasteiger partial charge in [-0.25, -0.2) is 4.79 Å². The van der Waals surface area contributed by atoms with Gasteiger partial charge < -0.3 is 9.30 Å². The molecule has 1 heterocycles. The van der Waals surface area contributed by atoms with Crippen LogP contribution in [0.5, 0.6) is 0 Å². The second-order valence-electron chi connectivity index (χ2n) is 5.73. The summed E-state index contributed by atoms with van der Waals surface area (Å²) >= 11 is 0. The first kappa shape index (κ1) is 13.9. The Balaban J connectivity index is 2.01. The number of carbonyl (C=O) groups is 2. The summed E-state index contributed by atoms with van der Waals surface area (Å²) in [4.78, 5) is 23.0. The molecule has 0 spiro atoms. The Morgan fingerprint density at radius 1 is 1.29 bits per heavy atom. The number of hydrogen-bond acceptors (Lipinski definition) is 3. The van der Waals surface area contributed by atoms with E-state index in [0.29, 0.717) is 30.1 Å². The van der Waals surface area contributed by atoms with E-state index in [1.807, 2.05) is 29.8 Å². The molecule has 1 aliphatic carbocycles. The molecule has 1 aromatic heterocycles. The summed E-state index contributed by atoms with van der Waals surface area (Å²) in [5.41, 5.74) is 2.89. The minimum absolute atomic E-state index is 0.317. The van der Waals surface area contributed by atoms with E-state index in [0.717, 1.165) is 18.4 Å². The molecule has 0 bridgehead atoms. The second-order valence-corrected chi connectivity index (χ2v) is 5.73. The Labute approximate surface area is 123 Å². The summed E-state index contributed by atoms with van der Waals surface area (Å²) < 4.78 is 6.82. The van der Waals surface area contributed by atoms with Crippen LogP contribution in [0.4, 0.5) is 0 Å². The monoisotopic (exact) mass is 285 g/mol. The maximum absolute atomic E-state index is 11.6. The summed E-state index contributed by atoms with van der Waals surface area (Å²) in [5.74, 6) is 0.498. The molecule has 110 valence electrons. The van der Waals surface area contributed by atoms with Crippen LogP contribution in [0.1, 0.15) is 47.5 Å². The average Bonchev–Trinajstić information content (AvgIpc) is 2.84. The van der Waals surface area contributed by atoms with Gasteiger partial charge in [-0.15, -0.1) is 0 Å². The average molecular weight is 285 g/mol. The fourth-order valence-electron chi connectivity index (χ4n) is 3.24. The van der Waals surface area contributed by atoms with Crippen LogP contribution in [0.2, 0.25) is 0 Å². The van der Waals surface area contributed by atoms with E-state index >= 15 is 0 Å². The lowest BCUT2D eigenvalue weighted by Gasteiger charge is -2.20. The summed E-state index contributed by atoms with van der Waals surface area (Å²) in [7, 11) is 3.38. The van der Waals surface area contributed by atoms with Gasteiger partial charge in [0.15, 0.2) is 0 Å². The highest BCUT2D eigenvalue weighted by atomic mass is 16.5.